The van der Waals surface area contributed by atoms with E-state index in [1.165, 1.54) is 24.3 Å². The third-order valence-electron chi connectivity index (χ3n) is 10.8. The van der Waals surface area contributed by atoms with Gasteiger partial charge in [-0.3, -0.25) is 4.98 Å². The highest BCUT2D eigenvalue weighted by molar-refractivity contribution is 6.03. The molecule has 5 fully saturated rings. The van der Waals surface area contributed by atoms with E-state index in [1.807, 2.05) is 0 Å². The molecule has 0 amide bonds. The van der Waals surface area contributed by atoms with Crippen LogP contribution in [0.4, 0.5) is 14.6 Å². The standard InChI is InChI=1S/C35H32F2N6O2/c1-2-24-27(36)6-3-20-13-23(44)14-25(28(20)24)30-29(37)31-26(15-39-30)32(43-16-21-4-5-22(17-43)40-21)42-33(41-31)45-19-35-10-7-34(18-38,8-11-35)9-12-35/h1,3,6,13-15,21-22,40,44H,4-5,7-12,16-17,19H2/t21-,22+,34?,35?. The molecule has 9 rings (SSSR count). The highest BCUT2D eigenvalue weighted by Gasteiger charge is 2.49. The van der Waals surface area contributed by atoms with Crippen LogP contribution in [0.3, 0.4) is 0 Å². The fourth-order valence-corrected chi connectivity index (χ4v) is 8.10. The lowest BCUT2D eigenvalue weighted by Gasteiger charge is -2.49. The number of ether oxygens (including phenoxy) is 1. The largest absolute Gasteiger partial charge is 0.508 e. The van der Waals surface area contributed by atoms with Gasteiger partial charge in [-0.1, -0.05) is 12.0 Å². The van der Waals surface area contributed by atoms with Gasteiger partial charge >= 0.3 is 6.01 Å². The second-order valence-corrected chi connectivity index (χ2v) is 13.4. The number of anilines is 1. The SMILES string of the molecule is C#Cc1c(F)ccc2cc(O)cc(-c3ncc4c(N5C[C@H]6CC[C@@H](C5)N6)nc(OCC56CCC(C#N)(CC5)CC6)nc4c3F)c12. The summed E-state index contributed by atoms with van der Waals surface area (Å²) in [6.07, 6.45) is 14.7. The van der Waals surface area contributed by atoms with Gasteiger partial charge < -0.3 is 20.1 Å². The number of piperazine rings is 1. The Labute approximate surface area is 259 Å². The van der Waals surface area contributed by atoms with Crippen LogP contribution in [0.15, 0.2) is 30.5 Å². The molecule has 4 aromatic rings. The number of phenols is 1. The van der Waals surface area contributed by atoms with E-state index in [-0.39, 0.29) is 50.3 Å². The van der Waals surface area contributed by atoms with E-state index in [9.17, 15) is 14.8 Å². The first-order valence-corrected chi connectivity index (χ1v) is 15.6. The predicted molar refractivity (Wildman–Crippen MR) is 166 cm³/mol. The van der Waals surface area contributed by atoms with E-state index in [0.29, 0.717) is 48.4 Å². The fraction of sp³-hybridized carbons (Fsp3) is 0.429. The van der Waals surface area contributed by atoms with Crippen molar-refractivity contribution >= 4 is 27.5 Å². The molecule has 3 aliphatic carbocycles. The Morgan fingerprint density at radius 3 is 2.49 bits per heavy atom. The van der Waals surface area contributed by atoms with Crippen LogP contribution < -0.4 is 15.0 Å². The Bertz CT molecular complexity index is 1930. The summed E-state index contributed by atoms with van der Waals surface area (Å²) in [5.41, 5.74) is -0.192. The van der Waals surface area contributed by atoms with Crippen molar-refractivity contribution in [2.45, 2.75) is 63.5 Å². The van der Waals surface area contributed by atoms with E-state index in [1.54, 1.807) is 6.20 Å². The van der Waals surface area contributed by atoms with E-state index in [2.05, 4.69) is 32.2 Å². The molecule has 228 valence electrons. The Balaban J connectivity index is 1.25. The minimum atomic E-state index is -0.731. The van der Waals surface area contributed by atoms with Crippen LogP contribution in [-0.4, -0.2) is 51.8 Å². The van der Waals surface area contributed by atoms with E-state index in [0.717, 1.165) is 51.4 Å². The van der Waals surface area contributed by atoms with Crippen LogP contribution in [0.25, 0.3) is 32.9 Å². The van der Waals surface area contributed by atoms with E-state index in [4.69, 9.17) is 16.1 Å². The first-order chi connectivity index (χ1) is 21.8. The number of benzene rings is 2. The number of nitrogens with zero attached hydrogens (tertiary/aromatic N) is 5. The lowest BCUT2D eigenvalue weighted by molar-refractivity contribution is -0.0113. The zero-order chi connectivity index (χ0) is 30.9. The summed E-state index contributed by atoms with van der Waals surface area (Å²) in [7, 11) is 0. The number of fused-ring (bicyclic) bond motifs is 7. The third-order valence-corrected chi connectivity index (χ3v) is 10.8. The van der Waals surface area contributed by atoms with Gasteiger partial charge in [-0.05, 0) is 75.0 Å². The third kappa shape index (κ3) is 4.54. The molecule has 0 spiro atoms. The monoisotopic (exact) mass is 606 g/mol. The van der Waals surface area contributed by atoms with Gasteiger partial charge in [-0.25, -0.2) is 8.78 Å². The molecular formula is C35H32F2N6O2. The molecule has 5 aliphatic rings. The van der Waals surface area contributed by atoms with Crippen LogP contribution in [0.2, 0.25) is 0 Å². The van der Waals surface area contributed by atoms with E-state index < -0.39 is 11.6 Å². The molecule has 2 saturated heterocycles. The maximum atomic E-state index is 16.8. The maximum Gasteiger partial charge on any atom is 0.319 e. The van der Waals surface area contributed by atoms with Gasteiger partial charge in [0.1, 0.15) is 28.6 Å². The van der Waals surface area contributed by atoms with Gasteiger partial charge in [0.2, 0.25) is 0 Å². The average molecular weight is 607 g/mol. The number of pyridine rings is 1. The quantitative estimate of drug-likeness (QED) is 0.267. The van der Waals surface area contributed by atoms with Gasteiger partial charge in [-0.15, -0.1) is 6.42 Å². The van der Waals surface area contributed by atoms with Gasteiger partial charge in [0.05, 0.1) is 29.0 Å². The maximum absolute atomic E-state index is 16.8. The van der Waals surface area contributed by atoms with Gasteiger partial charge in [-0.2, -0.15) is 15.2 Å². The van der Waals surface area contributed by atoms with Crippen molar-refractivity contribution in [3.05, 3.63) is 47.7 Å². The van der Waals surface area contributed by atoms with Crippen LogP contribution in [0.5, 0.6) is 11.8 Å². The number of hydrogen-bond donors (Lipinski definition) is 2. The van der Waals surface area contributed by atoms with Crippen molar-refractivity contribution in [3.8, 4) is 41.4 Å². The van der Waals surface area contributed by atoms with Crippen LogP contribution in [0, 0.1) is 46.1 Å². The van der Waals surface area contributed by atoms with Crippen molar-refractivity contribution < 1.29 is 18.6 Å². The summed E-state index contributed by atoms with van der Waals surface area (Å²) in [6, 6.07) is 8.80. The number of phenolic OH excluding ortho intramolecular Hbond substituents is 1. The van der Waals surface area contributed by atoms with Crippen LogP contribution in [-0.2, 0) is 0 Å². The summed E-state index contributed by atoms with van der Waals surface area (Å²) >= 11 is 0. The molecular weight excluding hydrogens is 574 g/mol. The Morgan fingerprint density at radius 1 is 1.07 bits per heavy atom. The molecule has 45 heavy (non-hydrogen) atoms. The van der Waals surface area contributed by atoms with Crippen molar-refractivity contribution in [2.75, 3.05) is 24.6 Å². The number of aromatic nitrogens is 3. The highest BCUT2D eigenvalue weighted by atomic mass is 19.1. The number of nitriles is 1. The smallest absolute Gasteiger partial charge is 0.319 e. The number of terminal acetylenes is 1. The molecule has 4 bridgehead atoms. The zero-order valence-corrected chi connectivity index (χ0v) is 24.7. The lowest BCUT2D eigenvalue weighted by Crippen LogP contribution is -2.51. The molecule has 10 heteroatoms. The summed E-state index contributed by atoms with van der Waals surface area (Å²) in [5.74, 6) is 1.47. The van der Waals surface area contributed by atoms with Gasteiger partial charge in [0.15, 0.2) is 5.82 Å². The first-order valence-electron chi connectivity index (χ1n) is 15.6. The summed E-state index contributed by atoms with van der Waals surface area (Å²) in [4.78, 5) is 16.1. The molecule has 0 radical (unpaired) electrons. The number of aromatic hydroxyl groups is 1. The first kappa shape index (κ1) is 28.0. The predicted octanol–water partition coefficient (Wildman–Crippen LogP) is 5.99. The second-order valence-electron chi connectivity index (χ2n) is 13.4. The number of hydrogen-bond acceptors (Lipinski definition) is 8. The summed E-state index contributed by atoms with van der Waals surface area (Å²) < 4.78 is 37.9. The van der Waals surface area contributed by atoms with Crippen molar-refractivity contribution in [2.24, 2.45) is 10.8 Å². The van der Waals surface area contributed by atoms with Gasteiger partial charge in [0, 0.05) is 47.7 Å². The van der Waals surface area contributed by atoms with Crippen molar-refractivity contribution in [3.63, 3.8) is 0 Å². The topological polar surface area (TPSA) is 107 Å². The molecule has 2 aromatic heterocycles. The molecule has 4 heterocycles. The molecule has 2 N–H and O–H groups in total. The molecule has 2 aromatic carbocycles. The fourth-order valence-electron chi connectivity index (χ4n) is 8.10. The van der Waals surface area contributed by atoms with Gasteiger partial charge in [0.25, 0.3) is 0 Å². The Hall–Kier alpha value is -4.54. The average Bonchev–Trinajstić information content (AvgIpc) is 3.41. The molecule has 3 saturated carbocycles. The minimum absolute atomic E-state index is 0.0351. The summed E-state index contributed by atoms with van der Waals surface area (Å²) in [5, 5.41) is 25.1. The zero-order valence-electron chi connectivity index (χ0n) is 24.7. The molecule has 2 atom stereocenters. The highest BCUT2D eigenvalue weighted by Crippen LogP contribution is 2.56. The van der Waals surface area contributed by atoms with Crippen molar-refractivity contribution in [1.29, 1.82) is 5.26 Å². The number of nitrogens with one attached hydrogen (secondary N) is 1. The normalized spacial score (nSPS) is 27.1. The van der Waals surface area contributed by atoms with Crippen molar-refractivity contribution in [1.82, 2.24) is 20.3 Å². The molecule has 8 nitrogen and oxygen atoms in total. The van der Waals surface area contributed by atoms with Crippen LogP contribution in [0.1, 0.15) is 56.9 Å². The minimum Gasteiger partial charge on any atom is -0.508 e. The molecule has 2 aliphatic heterocycles. The number of halogens is 2. The molecule has 0 unspecified atom stereocenters. The Kier molecular flexibility index (Phi) is 6.37. The summed E-state index contributed by atoms with van der Waals surface area (Å²) in [6.45, 7) is 1.83. The lowest BCUT2D eigenvalue weighted by atomic mass is 9.54. The Morgan fingerprint density at radius 2 is 1.80 bits per heavy atom. The van der Waals surface area contributed by atoms with Crippen LogP contribution >= 0.6 is 0 Å². The second kappa shape index (κ2) is 10.3. The number of rotatable bonds is 5. The van der Waals surface area contributed by atoms with E-state index >= 15 is 4.39 Å².